The topological polar surface area (TPSA) is 47.7 Å². The summed E-state index contributed by atoms with van der Waals surface area (Å²) in [5.74, 6) is 0. The normalized spacial score (nSPS) is 35.4. The molecule has 1 heterocycles. The maximum Gasteiger partial charge on any atom is 0.0972 e. The van der Waals surface area contributed by atoms with Gasteiger partial charge in [0.2, 0.25) is 0 Å². The molecule has 2 N–H and O–H groups in total. The zero-order valence-corrected chi connectivity index (χ0v) is 9.74. The Balaban J connectivity index is 2.00. The number of rotatable bonds is 4. The van der Waals surface area contributed by atoms with Crippen LogP contribution in [0.25, 0.3) is 0 Å². The van der Waals surface area contributed by atoms with Crippen LogP contribution in [-0.4, -0.2) is 56.5 Å². The molecule has 2 aliphatic rings. The maximum absolute atomic E-state index is 5.90. The molecule has 1 aliphatic carbocycles. The Morgan fingerprint density at radius 2 is 1.73 bits per heavy atom. The van der Waals surface area contributed by atoms with Crippen LogP contribution in [0.4, 0.5) is 0 Å². The predicted octanol–water partition coefficient (Wildman–Crippen LogP) is 0.213. The molecular formula is C11H22N2O2. The summed E-state index contributed by atoms with van der Waals surface area (Å²) in [6.45, 7) is 2.69. The Bertz CT molecular complexity index is 201. The van der Waals surface area contributed by atoms with E-state index in [1.165, 1.54) is 19.3 Å². The highest BCUT2D eigenvalue weighted by atomic mass is 16.5. The minimum absolute atomic E-state index is 0.207. The van der Waals surface area contributed by atoms with Crippen LogP contribution in [0.1, 0.15) is 19.3 Å². The molecule has 0 spiro atoms. The van der Waals surface area contributed by atoms with E-state index in [-0.39, 0.29) is 17.7 Å². The van der Waals surface area contributed by atoms with Gasteiger partial charge in [0, 0.05) is 39.4 Å². The van der Waals surface area contributed by atoms with Gasteiger partial charge in [0.05, 0.1) is 12.2 Å². The molecule has 0 aromatic rings. The Hall–Kier alpha value is -0.160. The molecule has 1 aliphatic heterocycles. The summed E-state index contributed by atoms with van der Waals surface area (Å²) < 4.78 is 10.9. The fraction of sp³-hybridized carbons (Fsp3) is 1.00. The lowest BCUT2D eigenvalue weighted by Crippen LogP contribution is -2.58. The minimum Gasteiger partial charge on any atom is -0.377 e. The molecular weight excluding hydrogens is 192 g/mol. The summed E-state index contributed by atoms with van der Waals surface area (Å²) in [6, 6.07) is 0. The first-order valence-corrected chi connectivity index (χ1v) is 5.76. The van der Waals surface area contributed by atoms with Gasteiger partial charge in [-0.1, -0.05) is 0 Å². The van der Waals surface area contributed by atoms with Crippen LogP contribution in [0.3, 0.4) is 0 Å². The second kappa shape index (κ2) is 4.37. The van der Waals surface area contributed by atoms with E-state index in [0.717, 1.165) is 19.6 Å². The van der Waals surface area contributed by atoms with Crippen LogP contribution in [0.15, 0.2) is 0 Å². The van der Waals surface area contributed by atoms with Crippen LogP contribution >= 0.6 is 0 Å². The molecule has 2 unspecified atom stereocenters. The molecule has 1 saturated carbocycles. The van der Waals surface area contributed by atoms with Gasteiger partial charge in [-0.25, -0.2) is 0 Å². The third kappa shape index (κ3) is 1.80. The summed E-state index contributed by atoms with van der Waals surface area (Å²) in [4.78, 5) is 2.47. The van der Waals surface area contributed by atoms with E-state index in [1.54, 1.807) is 14.2 Å². The van der Waals surface area contributed by atoms with Gasteiger partial charge in [-0.05, 0) is 19.3 Å². The molecule has 2 atom stereocenters. The number of nitrogens with zero attached hydrogens (tertiary/aromatic N) is 1. The van der Waals surface area contributed by atoms with Crippen molar-refractivity contribution in [2.75, 3.05) is 33.9 Å². The fourth-order valence-electron chi connectivity index (χ4n) is 2.82. The highest BCUT2D eigenvalue weighted by Crippen LogP contribution is 2.39. The van der Waals surface area contributed by atoms with E-state index in [4.69, 9.17) is 15.2 Å². The van der Waals surface area contributed by atoms with Gasteiger partial charge in [-0.15, -0.1) is 0 Å². The van der Waals surface area contributed by atoms with Crippen molar-refractivity contribution in [1.82, 2.24) is 4.90 Å². The molecule has 1 saturated heterocycles. The lowest BCUT2D eigenvalue weighted by atomic mass is 9.75. The molecule has 4 nitrogen and oxygen atoms in total. The zero-order chi connectivity index (χ0) is 10.9. The Morgan fingerprint density at radius 3 is 2.00 bits per heavy atom. The summed E-state index contributed by atoms with van der Waals surface area (Å²) in [5, 5.41) is 0. The second-order valence-corrected chi connectivity index (χ2v) is 4.74. The van der Waals surface area contributed by atoms with E-state index < -0.39 is 0 Å². The number of methoxy groups -OCH3 is 2. The Labute approximate surface area is 91.7 Å². The number of nitrogens with two attached hydrogens (primary N) is 1. The predicted molar refractivity (Wildman–Crippen MR) is 58.8 cm³/mol. The van der Waals surface area contributed by atoms with Gasteiger partial charge in [0.1, 0.15) is 0 Å². The molecule has 0 amide bonds. The highest BCUT2D eigenvalue weighted by Gasteiger charge is 2.47. The van der Waals surface area contributed by atoms with Crippen LogP contribution in [0.5, 0.6) is 0 Å². The number of ether oxygens (including phenoxy) is 2. The van der Waals surface area contributed by atoms with Gasteiger partial charge >= 0.3 is 0 Å². The molecule has 0 aromatic carbocycles. The van der Waals surface area contributed by atoms with Crippen LogP contribution < -0.4 is 5.73 Å². The average Bonchev–Trinajstić information content (AvgIpc) is 2.60. The summed E-state index contributed by atoms with van der Waals surface area (Å²) in [5.41, 5.74) is 6.15. The molecule has 2 fully saturated rings. The van der Waals surface area contributed by atoms with Crippen molar-refractivity contribution >= 4 is 0 Å². The Kier molecular flexibility index (Phi) is 3.30. The molecule has 4 heteroatoms. The van der Waals surface area contributed by atoms with E-state index >= 15 is 0 Å². The van der Waals surface area contributed by atoms with Crippen molar-refractivity contribution < 1.29 is 9.47 Å². The molecule has 2 rings (SSSR count). The van der Waals surface area contributed by atoms with Gasteiger partial charge in [-0.2, -0.15) is 0 Å². The zero-order valence-electron chi connectivity index (χ0n) is 9.74. The molecule has 0 bridgehead atoms. The smallest absolute Gasteiger partial charge is 0.0972 e. The van der Waals surface area contributed by atoms with E-state index in [0.29, 0.717) is 0 Å². The fourth-order valence-corrected chi connectivity index (χ4v) is 2.82. The van der Waals surface area contributed by atoms with Crippen LogP contribution in [0.2, 0.25) is 0 Å². The third-order valence-electron chi connectivity index (χ3n) is 4.16. The average molecular weight is 214 g/mol. The van der Waals surface area contributed by atoms with Crippen LogP contribution in [-0.2, 0) is 9.47 Å². The number of hydrogen-bond acceptors (Lipinski definition) is 4. The first-order chi connectivity index (χ1) is 7.25. The monoisotopic (exact) mass is 214 g/mol. The summed E-state index contributed by atoms with van der Waals surface area (Å²) >= 11 is 0. The van der Waals surface area contributed by atoms with Crippen molar-refractivity contribution in [2.24, 2.45) is 5.73 Å². The van der Waals surface area contributed by atoms with Gasteiger partial charge in [-0.3, -0.25) is 4.90 Å². The SMILES string of the molecule is COC1CN(C2(CN)CCC2)CC1OC. The van der Waals surface area contributed by atoms with Gasteiger partial charge in [0.15, 0.2) is 0 Å². The third-order valence-corrected chi connectivity index (χ3v) is 4.16. The standard InChI is InChI=1S/C11H22N2O2/c1-14-9-6-13(7-10(9)15-2)11(8-12)4-3-5-11/h9-10H,3-8,12H2,1-2H3. The summed E-state index contributed by atoms with van der Waals surface area (Å²) in [6.07, 6.45) is 4.19. The first-order valence-electron chi connectivity index (χ1n) is 5.76. The lowest BCUT2D eigenvalue weighted by Gasteiger charge is -2.48. The van der Waals surface area contributed by atoms with E-state index in [2.05, 4.69) is 4.90 Å². The highest BCUT2D eigenvalue weighted by molar-refractivity contribution is 5.03. The summed E-state index contributed by atoms with van der Waals surface area (Å²) in [7, 11) is 3.52. The quantitative estimate of drug-likeness (QED) is 0.727. The Morgan fingerprint density at radius 1 is 1.20 bits per heavy atom. The van der Waals surface area contributed by atoms with Crippen molar-refractivity contribution in [3.63, 3.8) is 0 Å². The number of hydrogen-bond donors (Lipinski definition) is 1. The number of likely N-dealkylation sites (tertiary alicyclic amines) is 1. The van der Waals surface area contributed by atoms with Crippen molar-refractivity contribution in [2.45, 2.75) is 37.0 Å². The maximum atomic E-state index is 5.90. The first kappa shape index (κ1) is 11.3. The molecule has 88 valence electrons. The van der Waals surface area contributed by atoms with Crippen LogP contribution in [0, 0.1) is 0 Å². The van der Waals surface area contributed by atoms with Gasteiger partial charge in [0.25, 0.3) is 0 Å². The second-order valence-electron chi connectivity index (χ2n) is 4.74. The van der Waals surface area contributed by atoms with Crippen molar-refractivity contribution in [3.8, 4) is 0 Å². The van der Waals surface area contributed by atoms with Gasteiger partial charge < -0.3 is 15.2 Å². The molecule has 0 aromatic heterocycles. The van der Waals surface area contributed by atoms with E-state index in [9.17, 15) is 0 Å². The van der Waals surface area contributed by atoms with Crippen molar-refractivity contribution in [3.05, 3.63) is 0 Å². The van der Waals surface area contributed by atoms with E-state index in [1.807, 2.05) is 0 Å². The van der Waals surface area contributed by atoms with Crippen molar-refractivity contribution in [1.29, 1.82) is 0 Å². The molecule has 15 heavy (non-hydrogen) atoms. The minimum atomic E-state index is 0.207. The largest absolute Gasteiger partial charge is 0.377 e. The lowest BCUT2D eigenvalue weighted by molar-refractivity contribution is -0.00461. The molecule has 0 radical (unpaired) electrons.